The molecule has 1 heterocycles. The number of amides is 2. The maximum absolute atomic E-state index is 12.5. The largest absolute Gasteiger partial charge is 0.494 e. The van der Waals surface area contributed by atoms with Crippen molar-refractivity contribution >= 4 is 29.0 Å². The Balaban J connectivity index is 1.56. The zero-order chi connectivity index (χ0) is 18.5. The number of halogens is 1. The summed E-state index contributed by atoms with van der Waals surface area (Å²) < 4.78 is 5.48. The van der Waals surface area contributed by atoms with Gasteiger partial charge in [0.1, 0.15) is 5.75 Å². The molecule has 0 unspecified atom stereocenters. The number of urea groups is 1. The van der Waals surface area contributed by atoms with Gasteiger partial charge in [-0.1, -0.05) is 17.7 Å². The van der Waals surface area contributed by atoms with Gasteiger partial charge in [0, 0.05) is 42.6 Å². The molecule has 1 fully saturated rings. The highest BCUT2D eigenvalue weighted by molar-refractivity contribution is 6.31. The van der Waals surface area contributed by atoms with Crippen molar-refractivity contribution in [2.24, 2.45) is 0 Å². The zero-order valence-electron chi connectivity index (χ0n) is 15.2. The van der Waals surface area contributed by atoms with Gasteiger partial charge in [-0.15, -0.1) is 0 Å². The smallest absolute Gasteiger partial charge is 0.321 e. The van der Waals surface area contributed by atoms with E-state index in [2.05, 4.69) is 22.3 Å². The molecule has 2 amide bonds. The van der Waals surface area contributed by atoms with E-state index in [0.717, 1.165) is 35.8 Å². The molecule has 0 radical (unpaired) electrons. The van der Waals surface area contributed by atoms with E-state index in [0.29, 0.717) is 24.7 Å². The van der Waals surface area contributed by atoms with Crippen LogP contribution in [0.4, 0.5) is 16.2 Å². The third-order valence-electron chi connectivity index (χ3n) is 4.59. The molecule has 5 nitrogen and oxygen atoms in total. The van der Waals surface area contributed by atoms with Crippen LogP contribution in [-0.2, 0) is 0 Å². The van der Waals surface area contributed by atoms with Crippen LogP contribution in [0.15, 0.2) is 42.5 Å². The molecule has 6 heteroatoms. The minimum atomic E-state index is -0.0817. The van der Waals surface area contributed by atoms with Crippen molar-refractivity contribution in [3.8, 4) is 5.75 Å². The molecule has 26 heavy (non-hydrogen) atoms. The third kappa shape index (κ3) is 4.22. The van der Waals surface area contributed by atoms with E-state index in [1.807, 2.05) is 49.1 Å². The van der Waals surface area contributed by atoms with Crippen molar-refractivity contribution in [1.29, 1.82) is 0 Å². The maximum Gasteiger partial charge on any atom is 0.321 e. The fourth-order valence-corrected chi connectivity index (χ4v) is 3.20. The van der Waals surface area contributed by atoms with Crippen LogP contribution in [0.3, 0.4) is 0 Å². The molecule has 1 N–H and O–H groups in total. The number of nitrogens with zero attached hydrogens (tertiary/aromatic N) is 2. The molecule has 1 aliphatic rings. The molecule has 0 bridgehead atoms. The second-order valence-corrected chi connectivity index (χ2v) is 6.65. The number of carbonyl (C=O) groups is 1. The van der Waals surface area contributed by atoms with Crippen LogP contribution in [0.25, 0.3) is 0 Å². The summed E-state index contributed by atoms with van der Waals surface area (Å²) >= 11 is 6.12. The Morgan fingerprint density at radius 1 is 1.12 bits per heavy atom. The van der Waals surface area contributed by atoms with Crippen LogP contribution in [0.2, 0.25) is 5.02 Å². The number of ether oxygens (including phenoxy) is 1. The number of anilines is 2. The molecular weight excluding hydrogens is 350 g/mol. The molecule has 138 valence electrons. The molecule has 0 atom stereocenters. The van der Waals surface area contributed by atoms with Gasteiger partial charge in [-0.25, -0.2) is 4.79 Å². The number of hydrogen-bond donors (Lipinski definition) is 1. The number of carbonyl (C=O) groups excluding carboxylic acids is 1. The number of piperazine rings is 1. The lowest BCUT2D eigenvalue weighted by Crippen LogP contribution is -2.50. The first kappa shape index (κ1) is 18.4. The Hall–Kier alpha value is -2.40. The van der Waals surface area contributed by atoms with E-state index in [9.17, 15) is 4.79 Å². The van der Waals surface area contributed by atoms with Gasteiger partial charge in [0.2, 0.25) is 0 Å². The highest BCUT2D eigenvalue weighted by Gasteiger charge is 2.22. The molecular formula is C20H24ClN3O2. The molecule has 2 aromatic rings. The number of nitrogens with one attached hydrogen (secondary N) is 1. The first-order chi connectivity index (χ1) is 12.6. The van der Waals surface area contributed by atoms with Gasteiger partial charge in [0.25, 0.3) is 0 Å². The van der Waals surface area contributed by atoms with Gasteiger partial charge in [-0.2, -0.15) is 0 Å². The standard InChI is InChI=1S/C20H24ClN3O2/c1-3-26-17-9-7-16(8-10-17)23-11-13-24(14-12-23)20(25)22-19-6-4-5-18(21)15(19)2/h4-10H,3,11-14H2,1-2H3,(H,22,25). The van der Waals surface area contributed by atoms with Crippen molar-refractivity contribution in [2.75, 3.05) is 43.0 Å². The fraction of sp³-hybridized carbons (Fsp3) is 0.350. The van der Waals surface area contributed by atoms with Crippen molar-refractivity contribution in [2.45, 2.75) is 13.8 Å². The minimum Gasteiger partial charge on any atom is -0.494 e. The van der Waals surface area contributed by atoms with Crippen LogP contribution in [0.1, 0.15) is 12.5 Å². The van der Waals surface area contributed by atoms with Gasteiger partial charge >= 0.3 is 6.03 Å². The summed E-state index contributed by atoms with van der Waals surface area (Å²) in [6.45, 7) is 7.51. The number of rotatable bonds is 4. The summed E-state index contributed by atoms with van der Waals surface area (Å²) in [4.78, 5) is 16.6. The summed E-state index contributed by atoms with van der Waals surface area (Å²) in [5.41, 5.74) is 2.80. The second kappa shape index (κ2) is 8.32. The molecule has 0 aromatic heterocycles. The summed E-state index contributed by atoms with van der Waals surface area (Å²) in [7, 11) is 0. The van der Waals surface area contributed by atoms with Crippen LogP contribution < -0.4 is 15.0 Å². The third-order valence-corrected chi connectivity index (χ3v) is 5.00. The average Bonchev–Trinajstić information content (AvgIpc) is 2.66. The topological polar surface area (TPSA) is 44.8 Å². The molecule has 1 saturated heterocycles. The van der Waals surface area contributed by atoms with Gasteiger partial charge in [0.15, 0.2) is 0 Å². The monoisotopic (exact) mass is 373 g/mol. The minimum absolute atomic E-state index is 0.0817. The summed E-state index contributed by atoms with van der Waals surface area (Å²) in [5, 5.41) is 3.62. The van der Waals surface area contributed by atoms with Gasteiger partial charge in [-0.3, -0.25) is 0 Å². The second-order valence-electron chi connectivity index (χ2n) is 6.24. The fourth-order valence-electron chi connectivity index (χ4n) is 3.02. The van der Waals surface area contributed by atoms with Gasteiger partial charge < -0.3 is 19.9 Å². The summed E-state index contributed by atoms with van der Waals surface area (Å²) in [6, 6.07) is 13.6. The predicted molar refractivity (Wildman–Crippen MR) is 107 cm³/mol. The Labute approximate surface area is 159 Å². The van der Waals surface area contributed by atoms with E-state index in [-0.39, 0.29) is 6.03 Å². The molecule has 2 aromatic carbocycles. The Kier molecular flexibility index (Phi) is 5.89. The highest BCUT2D eigenvalue weighted by atomic mass is 35.5. The SMILES string of the molecule is CCOc1ccc(N2CCN(C(=O)Nc3cccc(Cl)c3C)CC2)cc1. The van der Waals surface area contributed by atoms with E-state index in [1.54, 1.807) is 0 Å². The number of hydrogen-bond acceptors (Lipinski definition) is 3. The maximum atomic E-state index is 12.5. The van der Waals surface area contributed by atoms with E-state index >= 15 is 0 Å². The van der Waals surface area contributed by atoms with Crippen LogP contribution in [0.5, 0.6) is 5.75 Å². The molecule has 3 rings (SSSR count). The van der Waals surface area contributed by atoms with E-state index in [1.165, 1.54) is 0 Å². The predicted octanol–water partition coefficient (Wildman–Crippen LogP) is 4.40. The first-order valence-corrected chi connectivity index (χ1v) is 9.25. The Bertz CT molecular complexity index is 756. The lowest BCUT2D eigenvalue weighted by molar-refractivity contribution is 0.208. The Morgan fingerprint density at radius 3 is 2.46 bits per heavy atom. The summed E-state index contributed by atoms with van der Waals surface area (Å²) in [5.74, 6) is 0.881. The lowest BCUT2D eigenvalue weighted by atomic mass is 10.2. The Morgan fingerprint density at radius 2 is 1.81 bits per heavy atom. The van der Waals surface area contributed by atoms with Crippen molar-refractivity contribution in [3.63, 3.8) is 0 Å². The molecule has 1 aliphatic heterocycles. The summed E-state index contributed by atoms with van der Waals surface area (Å²) in [6.07, 6.45) is 0. The van der Waals surface area contributed by atoms with Crippen molar-refractivity contribution < 1.29 is 9.53 Å². The normalized spacial score (nSPS) is 14.3. The van der Waals surface area contributed by atoms with Crippen LogP contribution >= 0.6 is 11.6 Å². The first-order valence-electron chi connectivity index (χ1n) is 8.87. The average molecular weight is 374 g/mol. The van der Waals surface area contributed by atoms with Crippen LogP contribution in [-0.4, -0.2) is 43.7 Å². The van der Waals surface area contributed by atoms with Crippen molar-refractivity contribution in [3.05, 3.63) is 53.1 Å². The zero-order valence-corrected chi connectivity index (χ0v) is 15.9. The molecule has 0 saturated carbocycles. The van der Waals surface area contributed by atoms with Crippen molar-refractivity contribution in [1.82, 2.24) is 4.90 Å². The lowest BCUT2D eigenvalue weighted by Gasteiger charge is -2.36. The highest BCUT2D eigenvalue weighted by Crippen LogP contribution is 2.24. The molecule has 0 aliphatic carbocycles. The quantitative estimate of drug-likeness (QED) is 0.863. The van der Waals surface area contributed by atoms with Crippen LogP contribution in [0, 0.1) is 6.92 Å². The van der Waals surface area contributed by atoms with Gasteiger partial charge in [-0.05, 0) is 55.8 Å². The van der Waals surface area contributed by atoms with E-state index < -0.39 is 0 Å². The molecule has 0 spiro atoms. The number of benzene rings is 2. The van der Waals surface area contributed by atoms with Gasteiger partial charge in [0.05, 0.1) is 6.61 Å². The van der Waals surface area contributed by atoms with E-state index in [4.69, 9.17) is 16.3 Å².